The van der Waals surface area contributed by atoms with Crippen molar-refractivity contribution in [3.8, 4) is 0 Å². The molecule has 1 aliphatic rings. The molecule has 2 aromatic rings. The molecule has 1 saturated heterocycles. The monoisotopic (exact) mass is 542 g/mol. The van der Waals surface area contributed by atoms with Crippen LogP contribution in [0, 0.1) is 0 Å². The van der Waals surface area contributed by atoms with Crippen molar-refractivity contribution in [2.45, 2.75) is 25.9 Å². The molecule has 0 spiro atoms. The average Bonchev–Trinajstić information content (AvgIpc) is 2.76. The highest BCUT2D eigenvalue weighted by atomic mass is 127. The molecule has 0 aromatic heterocycles. The maximum Gasteiger partial charge on any atom is 0.191 e. The second-order valence-electron chi connectivity index (χ2n) is 7.20. The Hall–Kier alpha value is -1.35. The van der Waals surface area contributed by atoms with Gasteiger partial charge in [0.2, 0.25) is 0 Å². The molecule has 1 aliphatic heterocycles. The van der Waals surface area contributed by atoms with Crippen molar-refractivity contribution in [2.24, 2.45) is 4.99 Å². The maximum absolute atomic E-state index is 6.23. The predicted molar refractivity (Wildman–Crippen MR) is 136 cm³/mol. The van der Waals surface area contributed by atoms with Crippen LogP contribution in [-0.2, 0) is 24.2 Å². The summed E-state index contributed by atoms with van der Waals surface area (Å²) >= 11 is 6.23. The minimum atomic E-state index is 0. The SMILES string of the molecule is CN=C(NCCCc1ccccc1Cl)NCc1ccccc1CN1CCOCC1.I. The first-order valence-corrected chi connectivity index (χ1v) is 10.7. The number of hydrogen-bond donors (Lipinski definition) is 2. The number of morpholine rings is 1. The van der Waals surface area contributed by atoms with Crippen LogP contribution in [-0.4, -0.2) is 50.8 Å². The van der Waals surface area contributed by atoms with E-state index in [1.54, 1.807) is 0 Å². The highest BCUT2D eigenvalue weighted by molar-refractivity contribution is 14.0. The summed E-state index contributed by atoms with van der Waals surface area (Å²) in [5.41, 5.74) is 3.85. The van der Waals surface area contributed by atoms with Crippen molar-refractivity contribution in [3.05, 3.63) is 70.2 Å². The molecule has 30 heavy (non-hydrogen) atoms. The van der Waals surface area contributed by atoms with Gasteiger partial charge in [0.1, 0.15) is 0 Å². The Morgan fingerprint density at radius 2 is 1.67 bits per heavy atom. The maximum atomic E-state index is 6.23. The van der Waals surface area contributed by atoms with Gasteiger partial charge in [0.25, 0.3) is 0 Å². The summed E-state index contributed by atoms with van der Waals surface area (Å²) in [5.74, 6) is 0.824. The molecule has 0 amide bonds. The number of benzene rings is 2. The zero-order valence-corrected chi connectivity index (χ0v) is 20.7. The number of guanidine groups is 1. The Morgan fingerprint density at radius 3 is 2.37 bits per heavy atom. The first-order chi connectivity index (χ1) is 14.3. The van der Waals surface area contributed by atoms with Crippen LogP contribution in [0.25, 0.3) is 0 Å². The number of rotatable bonds is 8. The first kappa shape index (κ1) is 24.9. The predicted octanol–water partition coefficient (Wildman–Crippen LogP) is 4.09. The molecule has 3 rings (SSSR count). The summed E-state index contributed by atoms with van der Waals surface area (Å²) in [6.45, 7) is 6.21. The third kappa shape index (κ3) is 8.06. The first-order valence-electron chi connectivity index (χ1n) is 10.3. The molecular weight excluding hydrogens is 511 g/mol. The van der Waals surface area contributed by atoms with Gasteiger partial charge in [0.15, 0.2) is 5.96 Å². The third-order valence-electron chi connectivity index (χ3n) is 5.16. The lowest BCUT2D eigenvalue weighted by Crippen LogP contribution is -2.38. The third-order valence-corrected chi connectivity index (χ3v) is 5.53. The molecule has 5 nitrogen and oxygen atoms in total. The fourth-order valence-corrected chi connectivity index (χ4v) is 3.70. The molecule has 0 saturated carbocycles. The van der Waals surface area contributed by atoms with E-state index in [9.17, 15) is 0 Å². The molecule has 1 heterocycles. The van der Waals surface area contributed by atoms with Gasteiger partial charge in [-0.3, -0.25) is 9.89 Å². The van der Waals surface area contributed by atoms with Crippen molar-refractivity contribution in [1.29, 1.82) is 0 Å². The van der Waals surface area contributed by atoms with Gasteiger partial charge in [-0.05, 0) is 35.6 Å². The lowest BCUT2D eigenvalue weighted by atomic mass is 10.1. The highest BCUT2D eigenvalue weighted by Crippen LogP contribution is 2.16. The molecule has 0 radical (unpaired) electrons. The average molecular weight is 543 g/mol. The van der Waals surface area contributed by atoms with Crippen LogP contribution in [0.2, 0.25) is 5.02 Å². The molecular formula is C23H32ClIN4O. The van der Waals surface area contributed by atoms with E-state index in [4.69, 9.17) is 16.3 Å². The van der Waals surface area contributed by atoms with Crippen molar-refractivity contribution >= 4 is 41.5 Å². The minimum absolute atomic E-state index is 0. The molecule has 7 heteroatoms. The van der Waals surface area contributed by atoms with Crippen LogP contribution in [0.4, 0.5) is 0 Å². The largest absolute Gasteiger partial charge is 0.379 e. The molecule has 2 N–H and O–H groups in total. The summed E-state index contributed by atoms with van der Waals surface area (Å²) in [7, 11) is 1.81. The number of nitrogens with zero attached hydrogens (tertiary/aromatic N) is 2. The van der Waals surface area contributed by atoms with Gasteiger partial charge in [-0.1, -0.05) is 54.1 Å². The molecule has 0 atom stereocenters. The molecule has 1 fully saturated rings. The van der Waals surface area contributed by atoms with E-state index in [-0.39, 0.29) is 24.0 Å². The van der Waals surface area contributed by atoms with E-state index in [1.165, 1.54) is 16.7 Å². The summed E-state index contributed by atoms with van der Waals surface area (Å²) in [4.78, 5) is 6.80. The van der Waals surface area contributed by atoms with E-state index in [0.29, 0.717) is 0 Å². The van der Waals surface area contributed by atoms with Crippen LogP contribution < -0.4 is 10.6 Å². The van der Waals surface area contributed by atoms with Gasteiger partial charge in [-0.15, -0.1) is 24.0 Å². The molecule has 164 valence electrons. The van der Waals surface area contributed by atoms with Crippen LogP contribution in [0.1, 0.15) is 23.1 Å². The number of nitrogens with one attached hydrogen (secondary N) is 2. The van der Waals surface area contributed by atoms with Gasteiger partial charge < -0.3 is 15.4 Å². The van der Waals surface area contributed by atoms with Crippen LogP contribution in [0.5, 0.6) is 0 Å². The number of hydrogen-bond acceptors (Lipinski definition) is 3. The van der Waals surface area contributed by atoms with Gasteiger partial charge in [0.05, 0.1) is 13.2 Å². The van der Waals surface area contributed by atoms with Crippen LogP contribution in [0.3, 0.4) is 0 Å². The van der Waals surface area contributed by atoms with Gasteiger partial charge in [-0.25, -0.2) is 0 Å². The van der Waals surface area contributed by atoms with Crippen molar-refractivity contribution in [3.63, 3.8) is 0 Å². The summed E-state index contributed by atoms with van der Waals surface area (Å²) in [6, 6.07) is 16.6. The Morgan fingerprint density at radius 1 is 1.00 bits per heavy atom. The van der Waals surface area contributed by atoms with Crippen molar-refractivity contribution in [2.75, 3.05) is 39.9 Å². The van der Waals surface area contributed by atoms with Crippen molar-refractivity contribution < 1.29 is 4.74 Å². The lowest BCUT2D eigenvalue weighted by molar-refractivity contribution is 0.0341. The minimum Gasteiger partial charge on any atom is -0.379 e. The fourth-order valence-electron chi connectivity index (χ4n) is 3.47. The smallest absolute Gasteiger partial charge is 0.191 e. The molecule has 0 aliphatic carbocycles. The normalized spacial score (nSPS) is 14.8. The Balaban J connectivity index is 0.00000320. The Kier molecular flexibility index (Phi) is 11.5. The van der Waals surface area contributed by atoms with Crippen molar-refractivity contribution in [1.82, 2.24) is 15.5 Å². The molecule has 0 bridgehead atoms. The van der Waals surface area contributed by atoms with E-state index in [1.807, 2.05) is 25.2 Å². The second kappa shape index (κ2) is 13.9. The fraction of sp³-hybridized carbons (Fsp3) is 0.435. The van der Waals surface area contributed by atoms with Gasteiger partial charge in [-0.2, -0.15) is 0 Å². The highest BCUT2D eigenvalue weighted by Gasteiger charge is 2.12. The quantitative estimate of drug-likeness (QED) is 0.228. The van der Waals surface area contributed by atoms with E-state index < -0.39 is 0 Å². The van der Waals surface area contributed by atoms with Crippen LogP contribution in [0.15, 0.2) is 53.5 Å². The molecule has 0 unspecified atom stereocenters. The Bertz CT molecular complexity index is 796. The van der Waals surface area contributed by atoms with E-state index >= 15 is 0 Å². The lowest BCUT2D eigenvalue weighted by Gasteiger charge is -2.27. The topological polar surface area (TPSA) is 48.9 Å². The Labute approximate surface area is 202 Å². The zero-order valence-electron chi connectivity index (χ0n) is 17.6. The van der Waals surface area contributed by atoms with E-state index in [0.717, 1.165) is 69.8 Å². The summed E-state index contributed by atoms with van der Waals surface area (Å²) in [6.07, 6.45) is 1.95. The summed E-state index contributed by atoms with van der Waals surface area (Å²) < 4.78 is 5.46. The molecule has 2 aromatic carbocycles. The zero-order chi connectivity index (χ0) is 20.3. The van der Waals surface area contributed by atoms with Crippen LogP contribution >= 0.6 is 35.6 Å². The standard InChI is InChI=1S/C23H31ClN4O.HI/c1-25-23(26-12-6-10-19-7-4-5-11-22(19)24)27-17-20-8-2-3-9-21(20)18-28-13-15-29-16-14-28;/h2-5,7-9,11H,6,10,12-18H2,1H3,(H2,25,26,27);1H. The number of aryl methyl sites for hydroxylation is 1. The van der Waals surface area contributed by atoms with Gasteiger partial charge in [0, 0.05) is 44.8 Å². The van der Waals surface area contributed by atoms with E-state index in [2.05, 4.69) is 50.9 Å². The number of halogens is 2. The number of aliphatic imine (C=N–C) groups is 1. The second-order valence-corrected chi connectivity index (χ2v) is 7.61. The van der Waals surface area contributed by atoms with Gasteiger partial charge >= 0.3 is 0 Å². The number of ether oxygens (including phenoxy) is 1. The summed E-state index contributed by atoms with van der Waals surface area (Å²) in [5, 5.41) is 7.68.